The minimum absolute atomic E-state index is 0.270. The molecule has 4 heteroatoms. The van der Waals surface area contributed by atoms with E-state index in [0.29, 0.717) is 0 Å². The van der Waals surface area contributed by atoms with Crippen molar-refractivity contribution in [2.75, 3.05) is 47.4 Å². The number of hydrogen-bond donors (Lipinski definition) is 1. The number of methoxy groups -OCH3 is 1. The summed E-state index contributed by atoms with van der Waals surface area (Å²) in [6.07, 6.45) is 0. The fraction of sp³-hybridized carbons (Fsp3) is 0.733. The maximum Gasteiger partial charge on any atom is 0.0852 e. The van der Waals surface area contributed by atoms with Crippen LogP contribution in [0.2, 0.25) is 0 Å². The van der Waals surface area contributed by atoms with E-state index >= 15 is 0 Å². The molecule has 110 valence electrons. The van der Waals surface area contributed by atoms with Gasteiger partial charge in [-0.25, -0.2) is 0 Å². The number of hydrogen-bond acceptors (Lipinski definition) is 4. The summed E-state index contributed by atoms with van der Waals surface area (Å²) in [5.74, 6) is 0. The Balaban J connectivity index is 3.01. The molecule has 0 aromatic rings. The largest absolute Gasteiger partial charge is 0.382 e. The molecule has 1 fully saturated rings. The number of piperazine rings is 1. The van der Waals surface area contributed by atoms with Crippen LogP contribution in [0.5, 0.6) is 0 Å². The molecule has 1 heterocycles. The minimum Gasteiger partial charge on any atom is -0.382 e. The second kappa shape index (κ2) is 6.44. The first-order valence-corrected chi connectivity index (χ1v) is 6.89. The highest BCUT2D eigenvalue weighted by Crippen LogP contribution is 2.28. The van der Waals surface area contributed by atoms with E-state index in [-0.39, 0.29) is 5.60 Å². The molecule has 0 spiro atoms. The van der Waals surface area contributed by atoms with Gasteiger partial charge in [0.15, 0.2) is 0 Å². The summed E-state index contributed by atoms with van der Waals surface area (Å²) in [6.45, 7) is 14.5. The standard InChI is InChI=1S/C15H29N3O/c1-12(15(3,4)19-7)14-13(2)16-8-9-18(14)11-10-17(5)6/h16H,2,8-11H2,1,3-7H3/b14-12+. The van der Waals surface area contributed by atoms with Gasteiger partial charge in [0, 0.05) is 33.3 Å². The summed E-state index contributed by atoms with van der Waals surface area (Å²) in [6, 6.07) is 0. The van der Waals surface area contributed by atoms with Gasteiger partial charge in [-0.3, -0.25) is 0 Å². The van der Waals surface area contributed by atoms with Gasteiger partial charge in [-0.05, 0) is 40.4 Å². The van der Waals surface area contributed by atoms with Crippen molar-refractivity contribution in [3.63, 3.8) is 0 Å². The minimum atomic E-state index is -0.270. The molecule has 0 aliphatic carbocycles. The second-order valence-electron chi connectivity index (χ2n) is 5.88. The van der Waals surface area contributed by atoms with Crippen LogP contribution in [0.4, 0.5) is 0 Å². The molecule has 4 nitrogen and oxygen atoms in total. The third kappa shape index (κ3) is 3.98. The molecular formula is C15H29N3O. The number of nitrogens with zero attached hydrogens (tertiary/aromatic N) is 2. The summed E-state index contributed by atoms with van der Waals surface area (Å²) in [5, 5.41) is 3.36. The molecule has 0 saturated carbocycles. The molecule has 1 rings (SSSR count). The molecule has 1 N–H and O–H groups in total. The number of rotatable bonds is 5. The summed E-state index contributed by atoms with van der Waals surface area (Å²) >= 11 is 0. The van der Waals surface area contributed by atoms with Crippen molar-refractivity contribution in [1.82, 2.24) is 15.1 Å². The van der Waals surface area contributed by atoms with Gasteiger partial charge in [-0.1, -0.05) is 6.58 Å². The Morgan fingerprint density at radius 2 is 2.11 bits per heavy atom. The Morgan fingerprint density at radius 1 is 1.47 bits per heavy atom. The Labute approximate surface area is 118 Å². The molecule has 0 amide bonds. The van der Waals surface area contributed by atoms with E-state index < -0.39 is 0 Å². The summed E-state index contributed by atoms with van der Waals surface area (Å²) in [5.41, 5.74) is 3.17. The third-order valence-corrected chi connectivity index (χ3v) is 3.91. The predicted octanol–water partition coefficient (Wildman–Crippen LogP) is 1.67. The van der Waals surface area contributed by atoms with Crippen LogP contribution in [0.25, 0.3) is 0 Å². The smallest absolute Gasteiger partial charge is 0.0852 e. The molecule has 19 heavy (non-hydrogen) atoms. The van der Waals surface area contributed by atoms with Crippen LogP contribution in [0.1, 0.15) is 20.8 Å². The van der Waals surface area contributed by atoms with E-state index in [1.54, 1.807) is 7.11 Å². The maximum absolute atomic E-state index is 5.61. The van der Waals surface area contributed by atoms with Crippen molar-refractivity contribution in [3.05, 3.63) is 23.5 Å². The lowest BCUT2D eigenvalue weighted by molar-refractivity contribution is 0.0518. The second-order valence-corrected chi connectivity index (χ2v) is 5.88. The van der Waals surface area contributed by atoms with Crippen LogP contribution in [0.3, 0.4) is 0 Å². The zero-order chi connectivity index (χ0) is 14.6. The van der Waals surface area contributed by atoms with Crippen LogP contribution in [0, 0.1) is 0 Å². The third-order valence-electron chi connectivity index (χ3n) is 3.91. The van der Waals surface area contributed by atoms with E-state index in [1.165, 1.54) is 11.3 Å². The van der Waals surface area contributed by atoms with Crippen molar-refractivity contribution in [2.24, 2.45) is 0 Å². The zero-order valence-electron chi connectivity index (χ0n) is 13.3. The molecule has 0 aromatic heterocycles. The zero-order valence-corrected chi connectivity index (χ0v) is 13.3. The lowest BCUT2D eigenvalue weighted by Gasteiger charge is -2.39. The number of likely N-dealkylation sites (N-methyl/N-ethyl adjacent to an activating group) is 1. The monoisotopic (exact) mass is 267 g/mol. The molecule has 0 aromatic carbocycles. The van der Waals surface area contributed by atoms with Gasteiger partial charge >= 0.3 is 0 Å². The fourth-order valence-electron chi connectivity index (χ4n) is 2.17. The molecule has 1 aliphatic rings. The van der Waals surface area contributed by atoms with E-state index in [2.05, 4.69) is 56.6 Å². The highest BCUT2D eigenvalue weighted by Gasteiger charge is 2.28. The lowest BCUT2D eigenvalue weighted by Crippen LogP contribution is -2.44. The normalized spacial score (nSPS) is 19.7. The Morgan fingerprint density at radius 3 is 2.63 bits per heavy atom. The Kier molecular flexibility index (Phi) is 5.44. The first-order valence-electron chi connectivity index (χ1n) is 6.89. The predicted molar refractivity (Wildman–Crippen MR) is 81.1 cm³/mol. The molecule has 0 atom stereocenters. The van der Waals surface area contributed by atoms with Crippen LogP contribution in [-0.4, -0.2) is 62.8 Å². The van der Waals surface area contributed by atoms with Crippen molar-refractivity contribution < 1.29 is 4.74 Å². The lowest BCUT2D eigenvalue weighted by atomic mass is 9.94. The van der Waals surface area contributed by atoms with Gasteiger partial charge in [-0.2, -0.15) is 0 Å². The number of nitrogens with one attached hydrogen (secondary N) is 1. The van der Waals surface area contributed by atoms with E-state index in [9.17, 15) is 0 Å². The van der Waals surface area contributed by atoms with Gasteiger partial charge in [0.2, 0.25) is 0 Å². The van der Waals surface area contributed by atoms with Gasteiger partial charge in [-0.15, -0.1) is 0 Å². The summed E-state index contributed by atoms with van der Waals surface area (Å²) in [7, 11) is 5.96. The van der Waals surface area contributed by atoms with Gasteiger partial charge in [0.25, 0.3) is 0 Å². The van der Waals surface area contributed by atoms with Gasteiger partial charge < -0.3 is 19.9 Å². The number of ether oxygens (including phenoxy) is 1. The van der Waals surface area contributed by atoms with Gasteiger partial charge in [0.05, 0.1) is 17.0 Å². The topological polar surface area (TPSA) is 27.7 Å². The van der Waals surface area contributed by atoms with E-state index in [4.69, 9.17) is 4.74 Å². The van der Waals surface area contributed by atoms with Crippen molar-refractivity contribution in [3.8, 4) is 0 Å². The molecule has 1 saturated heterocycles. The van der Waals surface area contributed by atoms with E-state index in [0.717, 1.165) is 31.9 Å². The first-order chi connectivity index (χ1) is 8.79. The van der Waals surface area contributed by atoms with Gasteiger partial charge in [0.1, 0.15) is 0 Å². The maximum atomic E-state index is 5.61. The first kappa shape index (κ1) is 16.1. The summed E-state index contributed by atoms with van der Waals surface area (Å²) in [4.78, 5) is 4.62. The van der Waals surface area contributed by atoms with Crippen LogP contribution < -0.4 is 5.32 Å². The molecule has 1 aliphatic heterocycles. The van der Waals surface area contributed by atoms with Crippen molar-refractivity contribution >= 4 is 0 Å². The molecule has 0 radical (unpaired) electrons. The van der Waals surface area contributed by atoms with Crippen LogP contribution in [0.15, 0.2) is 23.5 Å². The fourth-order valence-corrected chi connectivity index (χ4v) is 2.17. The van der Waals surface area contributed by atoms with Crippen LogP contribution >= 0.6 is 0 Å². The quantitative estimate of drug-likeness (QED) is 0.820. The van der Waals surface area contributed by atoms with E-state index in [1.807, 2.05) is 0 Å². The SMILES string of the molecule is C=C1NCCN(CCN(C)C)/C1=C(\C)C(C)(C)OC. The van der Waals surface area contributed by atoms with Crippen molar-refractivity contribution in [2.45, 2.75) is 26.4 Å². The summed E-state index contributed by atoms with van der Waals surface area (Å²) < 4.78 is 5.61. The van der Waals surface area contributed by atoms with Crippen molar-refractivity contribution in [1.29, 1.82) is 0 Å². The molecule has 0 unspecified atom stereocenters. The average Bonchev–Trinajstić information content (AvgIpc) is 2.35. The highest BCUT2D eigenvalue weighted by molar-refractivity contribution is 5.36. The van der Waals surface area contributed by atoms with Crippen LogP contribution in [-0.2, 0) is 4.74 Å². The molecular weight excluding hydrogens is 238 g/mol. The Hall–Kier alpha value is -1.00. The molecule has 0 bridgehead atoms. The Bertz CT molecular complexity index is 358. The average molecular weight is 267 g/mol. The highest BCUT2D eigenvalue weighted by atomic mass is 16.5.